The number of hydrazine groups is 1. The number of hydrogen-bond acceptors (Lipinski definition) is 5. The van der Waals surface area contributed by atoms with Gasteiger partial charge in [-0.15, -0.1) is 0 Å². The summed E-state index contributed by atoms with van der Waals surface area (Å²) in [5.74, 6) is -0.603. The molecule has 180 valence electrons. The summed E-state index contributed by atoms with van der Waals surface area (Å²) in [6, 6.07) is 9.96. The van der Waals surface area contributed by atoms with Gasteiger partial charge in [-0.05, 0) is 93.0 Å². The molecule has 0 aromatic heterocycles. The lowest BCUT2D eigenvalue weighted by atomic mass is 9.77. The van der Waals surface area contributed by atoms with E-state index >= 15 is 0 Å². The molecule has 0 bridgehead atoms. The summed E-state index contributed by atoms with van der Waals surface area (Å²) >= 11 is 0. The fourth-order valence-electron chi connectivity index (χ4n) is 4.27. The van der Waals surface area contributed by atoms with E-state index in [1.807, 2.05) is 13.8 Å². The maximum Gasteiger partial charge on any atom is 0.344 e. The molecule has 2 fully saturated rings. The molecule has 4 amide bonds. The van der Waals surface area contributed by atoms with Gasteiger partial charge < -0.3 is 5.32 Å². The van der Waals surface area contributed by atoms with Crippen LogP contribution in [0.1, 0.15) is 54.1 Å². The van der Waals surface area contributed by atoms with Gasteiger partial charge in [0.1, 0.15) is 5.54 Å². The Kier molecular flexibility index (Phi) is 6.11. The van der Waals surface area contributed by atoms with Crippen LogP contribution in [-0.2, 0) is 14.8 Å². The van der Waals surface area contributed by atoms with Crippen molar-refractivity contribution < 1.29 is 22.8 Å². The van der Waals surface area contributed by atoms with Crippen LogP contribution in [-0.4, -0.2) is 36.8 Å². The van der Waals surface area contributed by atoms with E-state index in [4.69, 9.17) is 0 Å². The Morgan fingerprint density at radius 2 is 1.68 bits per heavy atom. The maximum absolute atomic E-state index is 12.9. The molecule has 9 nitrogen and oxygen atoms in total. The lowest BCUT2D eigenvalue weighted by Gasteiger charge is -2.33. The number of rotatable bonds is 5. The molecule has 34 heavy (non-hydrogen) atoms. The molecule has 4 rings (SSSR count). The van der Waals surface area contributed by atoms with Crippen molar-refractivity contribution in [2.45, 2.75) is 56.9 Å². The lowest BCUT2D eigenvalue weighted by molar-refractivity contribution is -0.134. The molecular weight excluding hydrogens is 456 g/mol. The number of hydrogen-bond donors (Lipinski definition) is 3. The van der Waals surface area contributed by atoms with Crippen molar-refractivity contribution in [3.8, 4) is 0 Å². The van der Waals surface area contributed by atoms with Crippen molar-refractivity contribution in [1.29, 1.82) is 0 Å². The highest BCUT2D eigenvalue weighted by Gasteiger charge is 2.52. The molecule has 1 saturated carbocycles. The Morgan fingerprint density at radius 1 is 1.03 bits per heavy atom. The molecule has 0 unspecified atom stereocenters. The highest BCUT2D eigenvalue weighted by Crippen LogP contribution is 2.35. The van der Waals surface area contributed by atoms with Crippen LogP contribution in [0.15, 0.2) is 47.4 Å². The third kappa shape index (κ3) is 4.50. The van der Waals surface area contributed by atoms with E-state index in [0.717, 1.165) is 29.0 Å². The van der Waals surface area contributed by atoms with Gasteiger partial charge in [0.15, 0.2) is 0 Å². The Hall–Kier alpha value is -3.40. The van der Waals surface area contributed by atoms with Crippen LogP contribution in [0.5, 0.6) is 0 Å². The minimum absolute atomic E-state index is 0.141. The molecule has 2 aromatic carbocycles. The van der Waals surface area contributed by atoms with Crippen LogP contribution < -0.4 is 15.5 Å². The summed E-state index contributed by atoms with van der Waals surface area (Å²) in [6.07, 6.45) is 2.74. The number of sulfonamides is 1. The van der Waals surface area contributed by atoms with Crippen molar-refractivity contribution in [2.75, 3.05) is 4.72 Å². The number of urea groups is 1. The molecule has 1 spiro atoms. The van der Waals surface area contributed by atoms with E-state index in [2.05, 4.69) is 22.4 Å². The number of nitrogens with zero attached hydrogens (tertiary/aromatic N) is 1. The summed E-state index contributed by atoms with van der Waals surface area (Å²) in [5.41, 5.74) is 3.73. The van der Waals surface area contributed by atoms with Gasteiger partial charge in [-0.2, -0.15) is 5.01 Å². The molecule has 0 radical (unpaired) electrons. The average molecular weight is 485 g/mol. The van der Waals surface area contributed by atoms with Crippen LogP contribution in [0.2, 0.25) is 0 Å². The number of amides is 4. The highest BCUT2D eigenvalue weighted by atomic mass is 32.2. The second-order valence-electron chi connectivity index (χ2n) is 9.21. The van der Waals surface area contributed by atoms with Gasteiger partial charge in [0.25, 0.3) is 21.8 Å². The second-order valence-corrected chi connectivity index (χ2v) is 10.9. The molecule has 1 aliphatic heterocycles. The van der Waals surface area contributed by atoms with Crippen molar-refractivity contribution >= 4 is 33.6 Å². The Bertz CT molecular complexity index is 1250. The zero-order valence-corrected chi connectivity index (χ0v) is 20.2. The maximum atomic E-state index is 12.9. The van der Waals surface area contributed by atoms with Crippen LogP contribution in [0.25, 0.3) is 0 Å². The third-order valence-corrected chi connectivity index (χ3v) is 8.07. The van der Waals surface area contributed by atoms with E-state index in [1.54, 1.807) is 12.1 Å². The minimum Gasteiger partial charge on any atom is -0.322 e. The molecule has 1 heterocycles. The molecule has 0 atom stereocenters. The van der Waals surface area contributed by atoms with E-state index in [9.17, 15) is 22.8 Å². The Labute approximate surface area is 198 Å². The lowest BCUT2D eigenvalue weighted by Crippen LogP contribution is -2.51. The van der Waals surface area contributed by atoms with E-state index in [1.165, 1.54) is 30.3 Å². The smallest absolute Gasteiger partial charge is 0.322 e. The number of carbonyl (C=O) groups excluding carboxylic acids is 3. The average Bonchev–Trinajstić information content (AvgIpc) is 3.02. The first-order valence-electron chi connectivity index (χ1n) is 11.2. The zero-order chi connectivity index (χ0) is 24.7. The van der Waals surface area contributed by atoms with Crippen molar-refractivity contribution in [3.63, 3.8) is 0 Å². The van der Waals surface area contributed by atoms with E-state index < -0.39 is 33.4 Å². The first-order valence-corrected chi connectivity index (χ1v) is 12.7. The summed E-state index contributed by atoms with van der Waals surface area (Å²) in [6.45, 7) is 5.85. The number of imide groups is 1. The van der Waals surface area contributed by atoms with Crippen molar-refractivity contribution in [2.24, 2.45) is 5.92 Å². The monoisotopic (exact) mass is 484 g/mol. The van der Waals surface area contributed by atoms with Gasteiger partial charge in [-0.1, -0.05) is 13.0 Å². The van der Waals surface area contributed by atoms with Gasteiger partial charge >= 0.3 is 6.03 Å². The zero-order valence-electron chi connectivity index (χ0n) is 19.3. The molecular formula is C24H28N4O5S. The Morgan fingerprint density at radius 3 is 2.29 bits per heavy atom. The van der Waals surface area contributed by atoms with Gasteiger partial charge in [-0.3, -0.25) is 19.7 Å². The summed E-state index contributed by atoms with van der Waals surface area (Å²) < 4.78 is 27.8. The fourth-order valence-corrected chi connectivity index (χ4v) is 5.41. The summed E-state index contributed by atoms with van der Waals surface area (Å²) in [5, 5.41) is 3.49. The third-order valence-electron chi connectivity index (χ3n) is 6.69. The number of nitrogens with one attached hydrogen (secondary N) is 3. The second kappa shape index (κ2) is 8.75. The molecule has 2 aromatic rings. The van der Waals surface area contributed by atoms with E-state index in [0.29, 0.717) is 18.8 Å². The number of benzene rings is 2. The van der Waals surface area contributed by atoms with Gasteiger partial charge in [0.05, 0.1) is 4.90 Å². The number of aryl methyl sites for hydroxylation is 2. The minimum atomic E-state index is -3.80. The largest absolute Gasteiger partial charge is 0.344 e. The first-order chi connectivity index (χ1) is 16.0. The standard InChI is InChI=1S/C24H28N4O5S/c1-15-10-12-24(13-11-15)22(30)28(23(31)25-24)26-21(29)18-5-7-19(8-6-18)27-34(32,33)20-9-4-16(2)17(3)14-20/h4-9,14-15,27H,10-13H2,1-3H3,(H,25,31)(H,26,29). The highest BCUT2D eigenvalue weighted by molar-refractivity contribution is 7.92. The quantitative estimate of drug-likeness (QED) is 0.562. The van der Waals surface area contributed by atoms with Crippen LogP contribution in [0, 0.1) is 19.8 Å². The van der Waals surface area contributed by atoms with Crippen LogP contribution in [0.3, 0.4) is 0 Å². The molecule has 10 heteroatoms. The van der Waals surface area contributed by atoms with Gasteiger partial charge in [-0.25, -0.2) is 13.2 Å². The molecule has 1 aliphatic carbocycles. The van der Waals surface area contributed by atoms with Gasteiger partial charge in [0.2, 0.25) is 0 Å². The van der Waals surface area contributed by atoms with E-state index in [-0.39, 0.29) is 16.1 Å². The van der Waals surface area contributed by atoms with Crippen molar-refractivity contribution in [1.82, 2.24) is 15.8 Å². The predicted molar refractivity (Wildman–Crippen MR) is 126 cm³/mol. The van der Waals surface area contributed by atoms with Crippen LogP contribution in [0.4, 0.5) is 10.5 Å². The predicted octanol–water partition coefficient (Wildman–Crippen LogP) is 3.25. The Balaban J connectivity index is 1.43. The van der Waals surface area contributed by atoms with Gasteiger partial charge in [0, 0.05) is 11.3 Å². The number of carbonyl (C=O) groups is 3. The normalized spacial score (nSPS) is 22.6. The summed E-state index contributed by atoms with van der Waals surface area (Å²) in [7, 11) is -3.80. The molecule has 2 aliphatic rings. The molecule has 1 saturated heterocycles. The topological polar surface area (TPSA) is 125 Å². The molecule has 3 N–H and O–H groups in total. The SMILES string of the molecule is Cc1ccc(S(=O)(=O)Nc2ccc(C(=O)NN3C(=O)NC4(CCC(C)CC4)C3=O)cc2)cc1C. The first kappa shape index (κ1) is 23.7. The van der Waals surface area contributed by atoms with Crippen LogP contribution >= 0.6 is 0 Å². The van der Waals surface area contributed by atoms with Crippen molar-refractivity contribution in [3.05, 3.63) is 59.2 Å². The number of anilines is 1. The fraction of sp³-hybridized carbons (Fsp3) is 0.375. The summed E-state index contributed by atoms with van der Waals surface area (Å²) in [4.78, 5) is 38.1.